The van der Waals surface area contributed by atoms with Crippen LogP contribution in [-0.2, 0) is 0 Å². The summed E-state index contributed by atoms with van der Waals surface area (Å²) in [5.74, 6) is 1.29. The molecule has 0 radical (unpaired) electrons. The molecule has 1 aromatic rings. The van der Waals surface area contributed by atoms with Gasteiger partial charge in [0.2, 0.25) is 0 Å². The van der Waals surface area contributed by atoms with Gasteiger partial charge in [0.05, 0.1) is 5.56 Å². The quantitative estimate of drug-likeness (QED) is 0.831. The Hall–Kier alpha value is -0.540. The van der Waals surface area contributed by atoms with Gasteiger partial charge in [-0.05, 0) is 65.2 Å². The Bertz CT molecular complexity index is 477. The molecule has 104 valence electrons. The molecule has 2 rings (SSSR count). The first-order chi connectivity index (χ1) is 8.97. The summed E-state index contributed by atoms with van der Waals surface area (Å²) < 4.78 is 0.745. The van der Waals surface area contributed by atoms with E-state index in [1.54, 1.807) is 18.2 Å². The summed E-state index contributed by atoms with van der Waals surface area (Å²) in [6.45, 7) is 4.50. The van der Waals surface area contributed by atoms with Crippen LogP contribution >= 0.6 is 27.5 Å². The first-order valence-electron chi connectivity index (χ1n) is 6.73. The third-order valence-corrected chi connectivity index (χ3v) is 4.81. The number of hydrogen-bond donors (Lipinski definition) is 1. The maximum atomic E-state index is 12.3. The van der Waals surface area contributed by atoms with E-state index in [0.717, 1.165) is 16.8 Å². The van der Waals surface area contributed by atoms with Gasteiger partial charge in [-0.2, -0.15) is 0 Å². The molecule has 1 fully saturated rings. The second-order valence-corrected chi connectivity index (χ2v) is 6.89. The molecular weight excluding hydrogens is 326 g/mol. The minimum Gasteiger partial charge on any atom is -0.349 e. The second kappa shape index (κ2) is 6.27. The topological polar surface area (TPSA) is 29.1 Å². The van der Waals surface area contributed by atoms with E-state index in [9.17, 15) is 4.79 Å². The summed E-state index contributed by atoms with van der Waals surface area (Å²) in [7, 11) is 0. The number of benzene rings is 1. The van der Waals surface area contributed by atoms with Crippen molar-refractivity contribution in [1.82, 2.24) is 5.32 Å². The lowest BCUT2D eigenvalue weighted by Gasteiger charge is -2.33. The summed E-state index contributed by atoms with van der Waals surface area (Å²) in [5, 5.41) is 3.78. The molecule has 0 spiro atoms. The number of carbonyl (C=O) groups excluding carboxylic acids is 1. The molecular formula is C15H19BrClNO. The van der Waals surface area contributed by atoms with Crippen LogP contribution in [-0.4, -0.2) is 11.9 Å². The first-order valence-corrected chi connectivity index (χ1v) is 7.90. The number of amides is 1. The molecule has 0 heterocycles. The lowest BCUT2D eigenvalue weighted by atomic mass is 9.80. The van der Waals surface area contributed by atoms with Gasteiger partial charge < -0.3 is 5.32 Å². The van der Waals surface area contributed by atoms with Gasteiger partial charge in [0.15, 0.2) is 0 Å². The fourth-order valence-electron chi connectivity index (χ4n) is 2.80. The predicted octanol–water partition coefficient (Wildman–Crippen LogP) is 4.66. The van der Waals surface area contributed by atoms with Crippen molar-refractivity contribution in [2.45, 2.75) is 39.2 Å². The van der Waals surface area contributed by atoms with Gasteiger partial charge >= 0.3 is 0 Å². The highest BCUT2D eigenvalue weighted by Gasteiger charge is 2.27. The summed E-state index contributed by atoms with van der Waals surface area (Å²) in [6, 6.07) is 5.54. The summed E-state index contributed by atoms with van der Waals surface area (Å²) in [6.07, 6.45) is 3.45. The minimum absolute atomic E-state index is 0.0186. The van der Waals surface area contributed by atoms with Crippen LogP contribution in [0.2, 0.25) is 5.02 Å². The van der Waals surface area contributed by atoms with E-state index < -0.39 is 0 Å². The van der Waals surface area contributed by atoms with Crippen molar-refractivity contribution in [3.05, 3.63) is 33.3 Å². The fourth-order valence-corrected chi connectivity index (χ4v) is 3.66. The Morgan fingerprint density at radius 3 is 2.74 bits per heavy atom. The molecule has 3 unspecified atom stereocenters. The number of nitrogens with one attached hydrogen (secondary N) is 1. The summed E-state index contributed by atoms with van der Waals surface area (Å²) in [5.41, 5.74) is 0.648. The van der Waals surface area contributed by atoms with Gasteiger partial charge in [0.1, 0.15) is 0 Å². The molecule has 4 heteroatoms. The standard InChI is InChI=1S/C15H19BrClNO/c1-9-3-6-14(10(2)7-9)18-15(19)12-5-4-11(17)8-13(12)16/h4-5,8-10,14H,3,6-7H2,1-2H3,(H,18,19). The number of rotatable bonds is 2. The van der Waals surface area contributed by atoms with Crippen LogP contribution in [0.5, 0.6) is 0 Å². The SMILES string of the molecule is CC1CCC(NC(=O)c2ccc(Cl)cc2Br)C(C)C1. The molecule has 0 bridgehead atoms. The van der Waals surface area contributed by atoms with E-state index in [4.69, 9.17) is 11.6 Å². The van der Waals surface area contributed by atoms with Gasteiger partial charge in [0.25, 0.3) is 5.91 Å². The highest BCUT2D eigenvalue weighted by Crippen LogP contribution is 2.29. The van der Waals surface area contributed by atoms with Crippen molar-refractivity contribution in [3.8, 4) is 0 Å². The van der Waals surface area contributed by atoms with E-state index >= 15 is 0 Å². The number of carbonyl (C=O) groups is 1. The highest BCUT2D eigenvalue weighted by molar-refractivity contribution is 9.10. The van der Waals surface area contributed by atoms with E-state index in [2.05, 4.69) is 35.1 Å². The van der Waals surface area contributed by atoms with Crippen LogP contribution in [0.15, 0.2) is 22.7 Å². The molecule has 1 aliphatic carbocycles. The molecule has 1 aliphatic rings. The number of hydrogen-bond acceptors (Lipinski definition) is 1. The van der Waals surface area contributed by atoms with E-state index in [-0.39, 0.29) is 11.9 Å². The van der Waals surface area contributed by atoms with Crippen LogP contribution in [0.4, 0.5) is 0 Å². The molecule has 0 aliphatic heterocycles. The van der Waals surface area contributed by atoms with Gasteiger partial charge in [-0.25, -0.2) is 0 Å². The maximum Gasteiger partial charge on any atom is 0.252 e. The van der Waals surface area contributed by atoms with Gasteiger partial charge in [-0.15, -0.1) is 0 Å². The zero-order valence-electron chi connectivity index (χ0n) is 11.2. The lowest BCUT2D eigenvalue weighted by molar-refractivity contribution is 0.0899. The molecule has 0 saturated heterocycles. The molecule has 3 atom stereocenters. The smallest absolute Gasteiger partial charge is 0.252 e. The van der Waals surface area contributed by atoms with Crippen molar-refractivity contribution in [1.29, 1.82) is 0 Å². The molecule has 1 saturated carbocycles. The first kappa shape index (κ1) is 14.9. The van der Waals surface area contributed by atoms with Crippen molar-refractivity contribution in [2.75, 3.05) is 0 Å². The molecule has 1 amide bonds. The molecule has 0 aromatic heterocycles. The van der Waals surface area contributed by atoms with Crippen molar-refractivity contribution in [3.63, 3.8) is 0 Å². The Kier molecular flexibility index (Phi) is 4.91. The van der Waals surface area contributed by atoms with Crippen molar-refractivity contribution in [2.24, 2.45) is 11.8 Å². The third kappa shape index (κ3) is 3.73. The third-order valence-electron chi connectivity index (χ3n) is 3.92. The van der Waals surface area contributed by atoms with E-state index in [1.165, 1.54) is 12.8 Å². The van der Waals surface area contributed by atoms with Crippen LogP contribution in [0.25, 0.3) is 0 Å². The zero-order chi connectivity index (χ0) is 14.0. The molecule has 1 aromatic carbocycles. The average Bonchev–Trinajstić information content (AvgIpc) is 2.32. The Morgan fingerprint density at radius 2 is 2.11 bits per heavy atom. The average molecular weight is 345 g/mol. The van der Waals surface area contributed by atoms with E-state index in [1.807, 2.05) is 0 Å². The van der Waals surface area contributed by atoms with Gasteiger partial charge in [0, 0.05) is 15.5 Å². The second-order valence-electron chi connectivity index (χ2n) is 5.60. The van der Waals surface area contributed by atoms with Gasteiger partial charge in [-0.1, -0.05) is 25.4 Å². The Labute approximate surface area is 128 Å². The fraction of sp³-hybridized carbons (Fsp3) is 0.533. The van der Waals surface area contributed by atoms with E-state index in [0.29, 0.717) is 16.5 Å². The summed E-state index contributed by atoms with van der Waals surface area (Å²) >= 11 is 9.28. The normalized spacial score (nSPS) is 27.1. The predicted molar refractivity (Wildman–Crippen MR) is 82.6 cm³/mol. The molecule has 1 N–H and O–H groups in total. The lowest BCUT2D eigenvalue weighted by Crippen LogP contribution is -2.42. The van der Waals surface area contributed by atoms with Gasteiger partial charge in [-0.3, -0.25) is 4.79 Å². The largest absolute Gasteiger partial charge is 0.349 e. The van der Waals surface area contributed by atoms with Crippen molar-refractivity contribution >= 4 is 33.4 Å². The van der Waals surface area contributed by atoms with Crippen LogP contribution < -0.4 is 5.32 Å². The van der Waals surface area contributed by atoms with Crippen LogP contribution in [0, 0.1) is 11.8 Å². The summed E-state index contributed by atoms with van der Waals surface area (Å²) in [4.78, 5) is 12.3. The Morgan fingerprint density at radius 1 is 1.37 bits per heavy atom. The maximum absolute atomic E-state index is 12.3. The monoisotopic (exact) mass is 343 g/mol. The Balaban J connectivity index is 2.04. The van der Waals surface area contributed by atoms with Crippen LogP contribution in [0.1, 0.15) is 43.5 Å². The highest BCUT2D eigenvalue weighted by atomic mass is 79.9. The number of halogens is 2. The molecule has 19 heavy (non-hydrogen) atoms. The molecule has 2 nitrogen and oxygen atoms in total. The van der Waals surface area contributed by atoms with Crippen molar-refractivity contribution < 1.29 is 4.79 Å². The van der Waals surface area contributed by atoms with Crippen LogP contribution in [0.3, 0.4) is 0 Å². The zero-order valence-corrected chi connectivity index (χ0v) is 13.6. The minimum atomic E-state index is -0.0186.